The second-order valence-corrected chi connectivity index (χ2v) is 5.30. The maximum Gasteiger partial charge on any atom is 0.193 e. The zero-order valence-electron chi connectivity index (χ0n) is 12.5. The van der Waals surface area contributed by atoms with Crippen LogP contribution < -0.4 is 11.1 Å². The van der Waals surface area contributed by atoms with Crippen molar-refractivity contribution in [3.8, 4) is 0 Å². The molecule has 0 heterocycles. The van der Waals surface area contributed by atoms with Crippen molar-refractivity contribution >= 4 is 11.6 Å². The topological polar surface area (TPSA) is 79.9 Å². The summed E-state index contributed by atoms with van der Waals surface area (Å²) in [5.74, 6) is 0.746. The van der Waals surface area contributed by atoms with E-state index in [1.807, 2.05) is 31.2 Å². The summed E-state index contributed by atoms with van der Waals surface area (Å²) in [6, 6.07) is 7.84. The van der Waals surface area contributed by atoms with E-state index in [2.05, 4.69) is 24.2 Å². The Balaban J connectivity index is 2.31. The van der Waals surface area contributed by atoms with E-state index in [1.165, 1.54) is 5.56 Å². The second-order valence-electron chi connectivity index (χ2n) is 5.30. The molecule has 1 atom stereocenters. The quantitative estimate of drug-likeness (QED) is 0.525. The highest BCUT2D eigenvalue weighted by atomic mass is 16.5. The van der Waals surface area contributed by atoms with E-state index in [-0.39, 0.29) is 19.1 Å². The molecule has 0 aliphatic heterocycles. The Morgan fingerprint density at radius 3 is 2.55 bits per heavy atom. The van der Waals surface area contributed by atoms with Gasteiger partial charge >= 0.3 is 0 Å². The van der Waals surface area contributed by atoms with Gasteiger partial charge in [-0.25, -0.2) is 0 Å². The molecule has 0 saturated heterocycles. The van der Waals surface area contributed by atoms with Crippen LogP contribution in [0.15, 0.2) is 29.3 Å². The van der Waals surface area contributed by atoms with Gasteiger partial charge in [0.25, 0.3) is 0 Å². The first-order valence-corrected chi connectivity index (χ1v) is 6.86. The predicted molar refractivity (Wildman–Crippen MR) is 83.0 cm³/mol. The van der Waals surface area contributed by atoms with Gasteiger partial charge in [-0.2, -0.15) is 0 Å². The molecule has 0 saturated carbocycles. The van der Waals surface area contributed by atoms with Crippen molar-refractivity contribution in [3.63, 3.8) is 0 Å². The van der Waals surface area contributed by atoms with Gasteiger partial charge in [-0.3, -0.25) is 4.99 Å². The molecule has 0 aliphatic rings. The Labute approximate surface area is 120 Å². The van der Waals surface area contributed by atoms with Crippen molar-refractivity contribution in [1.82, 2.24) is 0 Å². The third-order valence-corrected chi connectivity index (χ3v) is 2.56. The van der Waals surface area contributed by atoms with Crippen molar-refractivity contribution in [2.75, 3.05) is 25.1 Å². The normalized spacial score (nSPS) is 13.6. The molecule has 4 N–H and O–H groups in total. The molecule has 1 unspecified atom stereocenters. The molecule has 1 aromatic rings. The maximum absolute atomic E-state index is 9.70. The Morgan fingerprint density at radius 2 is 1.95 bits per heavy atom. The average Bonchev–Trinajstić information content (AvgIpc) is 2.39. The van der Waals surface area contributed by atoms with E-state index in [1.54, 1.807) is 0 Å². The molecule has 1 aromatic carbocycles. The van der Waals surface area contributed by atoms with Crippen molar-refractivity contribution in [1.29, 1.82) is 0 Å². The van der Waals surface area contributed by atoms with Crippen LogP contribution in [0.3, 0.4) is 0 Å². The number of hydrogen-bond donors (Lipinski definition) is 3. The number of hydrogen-bond acceptors (Lipinski definition) is 3. The van der Waals surface area contributed by atoms with Gasteiger partial charge in [-0.05, 0) is 25.0 Å². The molecule has 112 valence electrons. The zero-order valence-corrected chi connectivity index (χ0v) is 12.5. The fourth-order valence-electron chi connectivity index (χ4n) is 1.52. The van der Waals surface area contributed by atoms with Gasteiger partial charge in [0, 0.05) is 12.3 Å². The predicted octanol–water partition coefficient (Wildman–Crippen LogP) is 1.76. The number of nitrogens with zero attached hydrogens (tertiary/aromatic N) is 1. The molecule has 0 fully saturated rings. The number of nitrogens with two attached hydrogens (primary N) is 1. The minimum absolute atomic E-state index is 0.225. The van der Waals surface area contributed by atoms with Gasteiger partial charge < -0.3 is 20.9 Å². The summed E-state index contributed by atoms with van der Waals surface area (Å²) in [6.07, 6.45) is -0.632. The van der Waals surface area contributed by atoms with Crippen molar-refractivity contribution in [2.24, 2.45) is 16.6 Å². The van der Waals surface area contributed by atoms with Crippen LogP contribution >= 0.6 is 0 Å². The molecule has 1 rings (SSSR count). The summed E-state index contributed by atoms with van der Waals surface area (Å²) in [5, 5.41) is 12.7. The van der Waals surface area contributed by atoms with Crippen LogP contribution in [0.25, 0.3) is 0 Å². The SMILES string of the molecule is Cc1ccc(NC(N)=NCC(O)COCC(C)C)cc1. The van der Waals surface area contributed by atoms with Crippen LogP contribution in [0.4, 0.5) is 5.69 Å². The smallest absolute Gasteiger partial charge is 0.193 e. The maximum atomic E-state index is 9.70. The highest BCUT2D eigenvalue weighted by Crippen LogP contribution is 2.07. The zero-order chi connectivity index (χ0) is 15.0. The lowest BCUT2D eigenvalue weighted by atomic mass is 10.2. The first-order chi connectivity index (χ1) is 9.47. The molecule has 0 bridgehead atoms. The van der Waals surface area contributed by atoms with E-state index in [0.717, 1.165) is 5.69 Å². The van der Waals surface area contributed by atoms with E-state index in [0.29, 0.717) is 12.5 Å². The van der Waals surface area contributed by atoms with Crippen LogP contribution in [-0.4, -0.2) is 36.9 Å². The Bertz CT molecular complexity index is 416. The average molecular weight is 279 g/mol. The minimum atomic E-state index is -0.632. The minimum Gasteiger partial charge on any atom is -0.389 e. The van der Waals surface area contributed by atoms with Crippen LogP contribution in [-0.2, 0) is 4.74 Å². The summed E-state index contributed by atoms with van der Waals surface area (Å²) in [4.78, 5) is 4.09. The number of anilines is 1. The molecule has 0 radical (unpaired) electrons. The summed E-state index contributed by atoms with van der Waals surface area (Å²) in [5.41, 5.74) is 7.82. The lowest BCUT2D eigenvalue weighted by Gasteiger charge is -2.11. The molecular formula is C15H25N3O2. The summed E-state index contributed by atoms with van der Waals surface area (Å²) in [7, 11) is 0. The van der Waals surface area contributed by atoms with Crippen molar-refractivity contribution in [3.05, 3.63) is 29.8 Å². The number of ether oxygens (including phenoxy) is 1. The van der Waals surface area contributed by atoms with E-state index in [4.69, 9.17) is 10.5 Å². The van der Waals surface area contributed by atoms with Crippen molar-refractivity contribution < 1.29 is 9.84 Å². The number of benzene rings is 1. The molecule has 0 spiro atoms. The van der Waals surface area contributed by atoms with Gasteiger partial charge in [0.15, 0.2) is 5.96 Å². The Hall–Kier alpha value is -1.59. The third-order valence-electron chi connectivity index (χ3n) is 2.56. The Kier molecular flexibility index (Phi) is 7.04. The van der Waals surface area contributed by atoms with Gasteiger partial charge in [0.2, 0.25) is 0 Å². The molecule has 0 amide bonds. The summed E-state index contributed by atoms with van der Waals surface area (Å²) < 4.78 is 5.34. The number of rotatable bonds is 7. The number of guanidine groups is 1. The lowest BCUT2D eigenvalue weighted by Crippen LogP contribution is -2.26. The number of aliphatic imine (C=N–C) groups is 1. The van der Waals surface area contributed by atoms with Gasteiger partial charge in [-0.15, -0.1) is 0 Å². The van der Waals surface area contributed by atoms with Gasteiger partial charge in [0.05, 0.1) is 19.3 Å². The standard InChI is InChI=1S/C15H25N3O2/c1-11(2)9-20-10-14(19)8-17-15(16)18-13-6-4-12(3)5-7-13/h4-7,11,14,19H,8-10H2,1-3H3,(H3,16,17,18). The first-order valence-electron chi connectivity index (χ1n) is 6.86. The monoisotopic (exact) mass is 279 g/mol. The van der Waals surface area contributed by atoms with E-state index >= 15 is 0 Å². The first kappa shape index (κ1) is 16.5. The third kappa shape index (κ3) is 7.11. The summed E-state index contributed by atoms with van der Waals surface area (Å²) in [6.45, 7) is 7.29. The van der Waals surface area contributed by atoms with Gasteiger partial charge in [0.1, 0.15) is 0 Å². The van der Waals surface area contributed by atoms with Crippen LogP contribution in [0.5, 0.6) is 0 Å². The number of aryl methyl sites for hydroxylation is 1. The number of nitrogens with one attached hydrogen (secondary N) is 1. The molecule has 0 aromatic heterocycles. The largest absolute Gasteiger partial charge is 0.389 e. The van der Waals surface area contributed by atoms with E-state index < -0.39 is 6.10 Å². The molecule has 5 heteroatoms. The van der Waals surface area contributed by atoms with E-state index in [9.17, 15) is 5.11 Å². The molecule has 5 nitrogen and oxygen atoms in total. The fourth-order valence-corrected chi connectivity index (χ4v) is 1.52. The molecule has 0 aliphatic carbocycles. The Morgan fingerprint density at radius 1 is 1.30 bits per heavy atom. The lowest BCUT2D eigenvalue weighted by molar-refractivity contribution is 0.0302. The van der Waals surface area contributed by atoms with Crippen molar-refractivity contribution in [2.45, 2.75) is 26.9 Å². The highest BCUT2D eigenvalue weighted by Gasteiger charge is 2.04. The molecular weight excluding hydrogens is 254 g/mol. The fraction of sp³-hybridized carbons (Fsp3) is 0.533. The number of aliphatic hydroxyl groups excluding tert-OH is 1. The highest BCUT2D eigenvalue weighted by molar-refractivity contribution is 5.92. The number of aliphatic hydroxyl groups is 1. The van der Waals surface area contributed by atoms with Crippen LogP contribution in [0, 0.1) is 12.8 Å². The molecule has 20 heavy (non-hydrogen) atoms. The van der Waals surface area contributed by atoms with Gasteiger partial charge in [-0.1, -0.05) is 31.5 Å². The summed E-state index contributed by atoms with van der Waals surface area (Å²) >= 11 is 0. The second kappa shape index (κ2) is 8.55. The van der Waals surface area contributed by atoms with Crippen LogP contribution in [0.2, 0.25) is 0 Å². The van der Waals surface area contributed by atoms with Crippen LogP contribution in [0.1, 0.15) is 19.4 Å².